The van der Waals surface area contributed by atoms with Crippen LogP contribution in [0.4, 0.5) is 14.5 Å². The van der Waals surface area contributed by atoms with E-state index in [1.807, 2.05) is 30.3 Å². The van der Waals surface area contributed by atoms with Gasteiger partial charge in [0, 0.05) is 17.5 Å². The highest BCUT2D eigenvalue weighted by Gasteiger charge is 2.25. The van der Waals surface area contributed by atoms with Crippen molar-refractivity contribution in [2.45, 2.75) is 6.42 Å². The fraction of sp³-hybridized carbons (Fsp3) is 0.0909. The fourth-order valence-electron chi connectivity index (χ4n) is 2.87. The Bertz CT molecular complexity index is 1060. The molecule has 0 unspecified atom stereocenters. The Morgan fingerprint density at radius 2 is 1.83 bits per heavy atom. The van der Waals surface area contributed by atoms with Crippen molar-refractivity contribution in [3.05, 3.63) is 89.3 Å². The number of amides is 1. The summed E-state index contributed by atoms with van der Waals surface area (Å²) in [5.41, 5.74) is 1.07. The van der Waals surface area contributed by atoms with Gasteiger partial charge in [-0.2, -0.15) is 0 Å². The zero-order valence-corrected chi connectivity index (χ0v) is 16.1. The molecule has 0 saturated carbocycles. The first-order chi connectivity index (χ1) is 13.9. The number of aromatic carboxylic acids is 1. The Balaban J connectivity index is 1.99. The molecule has 2 aromatic carbocycles. The average molecular weight is 413 g/mol. The molecule has 0 aliphatic carbocycles. The first kappa shape index (κ1) is 20.4. The van der Waals surface area contributed by atoms with E-state index in [0.29, 0.717) is 10.9 Å². The van der Waals surface area contributed by atoms with Crippen molar-refractivity contribution in [1.29, 1.82) is 0 Å². The number of carboxylic acid groups (broad SMARTS) is 1. The van der Waals surface area contributed by atoms with Crippen LogP contribution in [0.3, 0.4) is 0 Å². The number of hydrogen-bond acceptors (Lipinski definition) is 3. The molecule has 1 N–H and O–H groups in total. The third kappa shape index (κ3) is 4.57. The van der Waals surface area contributed by atoms with E-state index in [0.717, 1.165) is 23.0 Å². The lowest BCUT2D eigenvalue weighted by molar-refractivity contribution is -0.117. The zero-order chi connectivity index (χ0) is 21.0. The van der Waals surface area contributed by atoms with Crippen molar-refractivity contribution in [2.24, 2.45) is 0 Å². The van der Waals surface area contributed by atoms with Gasteiger partial charge >= 0.3 is 5.97 Å². The predicted molar refractivity (Wildman–Crippen MR) is 109 cm³/mol. The van der Waals surface area contributed by atoms with E-state index in [-0.39, 0.29) is 29.1 Å². The minimum absolute atomic E-state index is 0.00127. The summed E-state index contributed by atoms with van der Waals surface area (Å²) in [4.78, 5) is 26.6. The number of thiophene rings is 1. The van der Waals surface area contributed by atoms with Crippen molar-refractivity contribution < 1.29 is 23.5 Å². The predicted octanol–water partition coefficient (Wildman–Crippen LogP) is 5.15. The summed E-state index contributed by atoms with van der Waals surface area (Å²) in [7, 11) is 0. The molecule has 29 heavy (non-hydrogen) atoms. The topological polar surface area (TPSA) is 57.6 Å². The second-order valence-electron chi connectivity index (χ2n) is 6.20. The van der Waals surface area contributed by atoms with Gasteiger partial charge in [-0.25, -0.2) is 13.6 Å². The monoisotopic (exact) mass is 413 g/mol. The van der Waals surface area contributed by atoms with Crippen LogP contribution in [0, 0.1) is 11.6 Å². The van der Waals surface area contributed by atoms with Gasteiger partial charge in [0.15, 0.2) is 0 Å². The molecule has 3 aromatic rings. The van der Waals surface area contributed by atoms with Crippen LogP contribution < -0.4 is 4.90 Å². The molecule has 4 nitrogen and oxygen atoms in total. The summed E-state index contributed by atoms with van der Waals surface area (Å²) in [6, 6.07) is 13.8. The lowest BCUT2D eigenvalue weighted by atomic mass is 10.1. The molecule has 3 rings (SSSR count). The van der Waals surface area contributed by atoms with Gasteiger partial charge in [0.2, 0.25) is 5.91 Å². The van der Waals surface area contributed by atoms with Crippen LogP contribution in [0.15, 0.2) is 67.3 Å². The molecule has 0 radical (unpaired) electrons. The van der Waals surface area contributed by atoms with Crippen LogP contribution in [0.25, 0.3) is 10.4 Å². The smallest absolute Gasteiger partial charge is 0.348 e. The molecule has 0 atom stereocenters. The Morgan fingerprint density at radius 1 is 1.10 bits per heavy atom. The number of carbonyl (C=O) groups excluding carboxylic acids is 1. The van der Waals surface area contributed by atoms with Crippen molar-refractivity contribution in [1.82, 2.24) is 0 Å². The maximum atomic E-state index is 14.0. The summed E-state index contributed by atoms with van der Waals surface area (Å²) in [6.45, 7) is 3.67. The molecule has 1 aromatic heterocycles. The molecular weight excluding hydrogens is 396 g/mol. The van der Waals surface area contributed by atoms with Gasteiger partial charge in [0.05, 0.1) is 12.1 Å². The first-order valence-corrected chi connectivity index (χ1v) is 9.50. The third-order valence-corrected chi connectivity index (χ3v) is 5.39. The molecule has 0 bridgehead atoms. The molecule has 1 heterocycles. The SMILES string of the molecule is C=CCN(C(=O)Cc1ccc(F)cc1F)c1cc(-c2ccccc2)sc1C(=O)O. The molecule has 148 valence electrons. The van der Waals surface area contributed by atoms with E-state index in [4.69, 9.17) is 0 Å². The van der Waals surface area contributed by atoms with Gasteiger partial charge in [-0.05, 0) is 23.3 Å². The van der Waals surface area contributed by atoms with Gasteiger partial charge in [-0.3, -0.25) is 4.79 Å². The molecule has 1 amide bonds. The van der Waals surface area contributed by atoms with Crippen molar-refractivity contribution in [3.8, 4) is 10.4 Å². The highest BCUT2D eigenvalue weighted by Crippen LogP contribution is 2.37. The van der Waals surface area contributed by atoms with E-state index in [2.05, 4.69) is 6.58 Å². The fourth-order valence-corrected chi connectivity index (χ4v) is 3.87. The number of anilines is 1. The summed E-state index contributed by atoms with van der Waals surface area (Å²) in [6.07, 6.45) is 1.12. The summed E-state index contributed by atoms with van der Waals surface area (Å²) in [5, 5.41) is 9.63. The standard InChI is InChI=1S/C22H17F2NO3S/c1-2-10-25(20(26)11-15-8-9-16(23)12-17(15)24)18-13-19(29-21(18)22(27)28)14-6-4-3-5-7-14/h2-9,12-13H,1,10-11H2,(H,27,28). The molecule has 0 aliphatic rings. The Hall–Kier alpha value is -3.32. The molecule has 0 saturated heterocycles. The number of rotatable bonds is 7. The maximum absolute atomic E-state index is 14.0. The second-order valence-corrected chi connectivity index (χ2v) is 7.25. The minimum Gasteiger partial charge on any atom is -0.477 e. The van der Waals surface area contributed by atoms with Crippen molar-refractivity contribution >= 4 is 28.9 Å². The lowest BCUT2D eigenvalue weighted by Gasteiger charge is -2.21. The van der Waals surface area contributed by atoms with Crippen LogP contribution in [0.1, 0.15) is 15.2 Å². The second kappa shape index (κ2) is 8.79. The van der Waals surface area contributed by atoms with Crippen molar-refractivity contribution in [2.75, 3.05) is 11.4 Å². The molecule has 0 spiro atoms. The third-order valence-electron chi connectivity index (χ3n) is 4.23. The van der Waals surface area contributed by atoms with Crippen LogP contribution in [-0.2, 0) is 11.2 Å². The van der Waals surface area contributed by atoms with E-state index in [1.165, 1.54) is 17.0 Å². The Kier molecular flexibility index (Phi) is 6.19. The van der Waals surface area contributed by atoms with Gasteiger partial charge < -0.3 is 10.0 Å². The van der Waals surface area contributed by atoms with E-state index in [1.54, 1.807) is 6.07 Å². The molecule has 0 aliphatic heterocycles. The van der Waals surface area contributed by atoms with Gasteiger partial charge in [-0.15, -0.1) is 17.9 Å². The summed E-state index contributed by atoms with van der Waals surface area (Å²) < 4.78 is 27.1. The average Bonchev–Trinajstić information content (AvgIpc) is 3.14. The largest absolute Gasteiger partial charge is 0.477 e. The van der Waals surface area contributed by atoms with Crippen LogP contribution in [-0.4, -0.2) is 23.5 Å². The highest BCUT2D eigenvalue weighted by atomic mass is 32.1. The lowest BCUT2D eigenvalue weighted by Crippen LogP contribution is -2.33. The van der Waals surface area contributed by atoms with Crippen LogP contribution in [0.5, 0.6) is 0 Å². The van der Waals surface area contributed by atoms with E-state index >= 15 is 0 Å². The normalized spacial score (nSPS) is 10.6. The van der Waals surface area contributed by atoms with Gasteiger partial charge in [-0.1, -0.05) is 42.5 Å². The number of hydrogen-bond donors (Lipinski definition) is 1. The Labute approximate surface area is 170 Å². The van der Waals surface area contributed by atoms with Gasteiger partial charge in [0.1, 0.15) is 16.5 Å². The zero-order valence-electron chi connectivity index (χ0n) is 15.3. The van der Waals surface area contributed by atoms with Crippen molar-refractivity contribution in [3.63, 3.8) is 0 Å². The molecule has 0 fully saturated rings. The van der Waals surface area contributed by atoms with E-state index in [9.17, 15) is 23.5 Å². The number of carbonyl (C=O) groups is 2. The van der Waals surface area contributed by atoms with Crippen LogP contribution in [0.2, 0.25) is 0 Å². The molecular formula is C22H17F2NO3S. The highest BCUT2D eigenvalue weighted by molar-refractivity contribution is 7.18. The first-order valence-electron chi connectivity index (χ1n) is 8.68. The molecule has 7 heteroatoms. The maximum Gasteiger partial charge on any atom is 0.348 e. The quantitative estimate of drug-likeness (QED) is 0.545. The van der Waals surface area contributed by atoms with Gasteiger partial charge in [0.25, 0.3) is 0 Å². The number of halogens is 2. The number of carboxylic acids is 1. The summed E-state index contributed by atoms with van der Waals surface area (Å²) >= 11 is 1.05. The number of nitrogens with zero attached hydrogens (tertiary/aromatic N) is 1. The Morgan fingerprint density at radius 3 is 2.45 bits per heavy atom. The van der Waals surface area contributed by atoms with Crippen LogP contribution >= 0.6 is 11.3 Å². The minimum atomic E-state index is -1.16. The van der Waals surface area contributed by atoms with E-state index < -0.39 is 23.5 Å². The number of benzene rings is 2. The summed E-state index contributed by atoms with van der Waals surface area (Å²) in [5.74, 6) is -3.25.